The summed E-state index contributed by atoms with van der Waals surface area (Å²) < 4.78 is 31.0. The molecule has 0 spiro atoms. The number of sulfonamides is 1. The molecule has 0 aliphatic carbocycles. The van der Waals surface area contributed by atoms with Gasteiger partial charge >= 0.3 is 0 Å². The van der Waals surface area contributed by atoms with Crippen molar-refractivity contribution in [1.82, 2.24) is 14.8 Å². The van der Waals surface area contributed by atoms with Gasteiger partial charge in [-0.2, -0.15) is 4.31 Å². The monoisotopic (exact) mass is 351 g/mol. The Balaban J connectivity index is 2.06. The molecule has 0 saturated carbocycles. The fourth-order valence-corrected chi connectivity index (χ4v) is 3.81. The molecule has 0 bridgehead atoms. The van der Waals surface area contributed by atoms with Gasteiger partial charge in [-0.05, 0) is 26.3 Å². The van der Waals surface area contributed by atoms with Crippen LogP contribution in [-0.2, 0) is 14.8 Å². The van der Waals surface area contributed by atoms with Gasteiger partial charge in [-0.1, -0.05) is 35.5 Å². The molecule has 2 rings (SSSR count). The third kappa shape index (κ3) is 3.82. The zero-order valence-electron chi connectivity index (χ0n) is 14.1. The molecule has 0 aliphatic rings. The normalized spacial score (nSPS) is 13.0. The first-order valence-electron chi connectivity index (χ1n) is 7.47. The lowest BCUT2D eigenvalue weighted by Crippen LogP contribution is -2.39. The number of amides is 1. The van der Waals surface area contributed by atoms with Crippen molar-refractivity contribution in [2.75, 3.05) is 13.6 Å². The Labute approximate surface area is 141 Å². The molecule has 1 atom stereocenters. The Morgan fingerprint density at radius 3 is 2.46 bits per heavy atom. The molecule has 1 aromatic carbocycles. The molecule has 1 heterocycles. The van der Waals surface area contributed by atoms with Crippen LogP contribution in [-0.4, -0.2) is 37.4 Å². The fourth-order valence-electron chi connectivity index (χ4n) is 2.40. The van der Waals surface area contributed by atoms with Gasteiger partial charge in [-0.25, -0.2) is 8.42 Å². The first kappa shape index (κ1) is 18.2. The molecule has 1 amide bonds. The minimum atomic E-state index is -3.84. The van der Waals surface area contributed by atoms with Gasteiger partial charge < -0.3 is 9.84 Å². The van der Waals surface area contributed by atoms with E-state index in [9.17, 15) is 13.2 Å². The minimum absolute atomic E-state index is 0.00825. The summed E-state index contributed by atoms with van der Waals surface area (Å²) in [7, 11) is -2.48. The van der Waals surface area contributed by atoms with E-state index in [0.717, 1.165) is 9.87 Å². The van der Waals surface area contributed by atoms with Crippen molar-refractivity contribution in [3.63, 3.8) is 0 Å². The molecule has 130 valence electrons. The second-order valence-electron chi connectivity index (χ2n) is 5.61. The van der Waals surface area contributed by atoms with Gasteiger partial charge in [0.05, 0.1) is 12.6 Å². The molecule has 2 aromatic rings. The van der Waals surface area contributed by atoms with Gasteiger partial charge in [0, 0.05) is 7.05 Å². The van der Waals surface area contributed by atoms with Crippen LogP contribution >= 0.6 is 0 Å². The fraction of sp³-hybridized carbons (Fsp3) is 0.375. The summed E-state index contributed by atoms with van der Waals surface area (Å²) in [5, 5.41) is 6.44. The number of nitrogens with zero attached hydrogens (tertiary/aromatic N) is 2. The van der Waals surface area contributed by atoms with E-state index in [-0.39, 0.29) is 34.8 Å². The molecule has 0 saturated heterocycles. The number of likely N-dealkylation sites (N-methyl/N-ethyl adjacent to an activating group) is 1. The van der Waals surface area contributed by atoms with Crippen LogP contribution in [0.3, 0.4) is 0 Å². The minimum Gasteiger partial charge on any atom is -0.360 e. The van der Waals surface area contributed by atoms with Gasteiger partial charge in [0.2, 0.25) is 15.9 Å². The molecule has 1 N–H and O–H groups in total. The number of hydrogen-bond donors (Lipinski definition) is 1. The van der Waals surface area contributed by atoms with E-state index in [0.29, 0.717) is 0 Å². The summed E-state index contributed by atoms with van der Waals surface area (Å²) in [4.78, 5) is 12.2. The van der Waals surface area contributed by atoms with Crippen molar-refractivity contribution >= 4 is 15.9 Å². The van der Waals surface area contributed by atoms with Crippen molar-refractivity contribution in [3.8, 4) is 0 Å². The number of nitrogens with one attached hydrogen (secondary N) is 1. The quantitative estimate of drug-likeness (QED) is 0.856. The molecule has 0 aliphatic heterocycles. The highest BCUT2D eigenvalue weighted by molar-refractivity contribution is 7.89. The average Bonchev–Trinajstić information content (AvgIpc) is 2.87. The molecular weight excluding hydrogens is 330 g/mol. The van der Waals surface area contributed by atoms with Crippen molar-refractivity contribution in [2.24, 2.45) is 0 Å². The maximum absolute atomic E-state index is 12.6. The van der Waals surface area contributed by atoms with E-state index < -0.39 is 10.0 Å². The first-order chi connectivity index (χ1) is 11.2. The molecular formula is C16H21N3O4S. The van der Waals surface area contributed by atoms with Crippen LogP contribution in [0.1, 0.15) is 30.0 Å². The highest BCUT2D eigenvalue weighted by Crippen LogP contribution is 2.22. The highest BCUT2D eigenvalue weighted by atomic mass is 32.2. The van der Waals surface area contributed by atoms with Gasteiger partial charge in [-0.15, -0.1) is 0 Å². The summed E-state index contributed by atoms with van der Waals surface area (Å²) in [5.41, 5.74) is 1.22. The first-order valence-corrected chi connectivity index (χ1v) is 8.91. The highest BCUT2D eigenvalue weighted by Gasteiger charge is 2.29. The molecule has 1 unspecified atom stereocenters. The Kier molecular flexibility index (Phi) is 5.40. The lowest BCUT2D eigenvalue weighted by atomic mass is 10.1. The van der Waals surface area contributed by atoms with E-state index >= 15 is 0 Å². The lowest BCUT2D eigenvalue weighted by Gasteiger charge is -2.19. The van der Waals surface area contributed by atoms with Crippen LogP contribution in [0.2, 0.25) is 0 Å². The number of aryl methyl sites for hydroxylation is 2. The largest absolute Gasteiger partial charge is 0.360 e. The van der Waals surface area contributed by atoms with Crippen LogP contribution in [0.15, 0.2) is 39.8 Å². The molecule has 0 radical (unpaired) electrons. The molecule has 1 aromatic heterocycles. The zero-order valence-corrected chi connectivity index (χ0v) is 14.9. The van der Waals surface area contributed by atoms with Gasteiger partial charge in [-0.3, -0.25) is 4.79 Å². The van der Waals surface area contributed by atoms with Crippen molar-refractivity contribution in [3.05, 3.63) is 47.3 Å². The Morgan fingerprint density at radius 2 is 1.92 bits per heavy atom. The molecule has 24 heavy (non-hydrogen) atoms. The van der Waals surface area contributed by atoms with Crippen LogP contribution < -0.4 is 5.32 Å². The van der Waals surface area contributed by atoms with Crippen LogP contribution in [0, 0.1) is 13.8 Å². The summed E-state index contributed by atoms with van der Waals surface area (Å²) in [6, 6.07) is 9.23. The third-order valence-corrected chi connectivity index (χ3v) is 5.73. The number of carbonyl (C=O) groups excluding carboxylic acids is 1. The Hall–Kier alpha value is -2.19. The number of aromatic nitrogens is 1. The molecule has 7 nitrogen and oxygen atoms in total. The summed E-state index contributed by atoms with van der Waals surface area (Å²) in [5.74, 6) is -0.179. The average molecular weight is 351 g/mol. The second-order valence-corrected chi connectivity index (χ2v) is 7.60. The van der Waals surface area contributed by atoms with Gasteiger partial charge in [0.1, 0.15) is 10.6 Å². The number of rotatable bonds is 6. The van der Waals surface area contributed by atoms with Crippen LogP contribution in [0.25, 0.3) is 0 Å². The lowest BCUT2D eigenvalue weighted by molar-refractivity contribution is -0.121. The Bertz CT molecular complexity index is 796. The number of carbonyl (C=O) groups is 1. The zero-order chi connectivity index (χ0) is 17.9. The predicted molar refractivity (Wildman–Crippen MR) is 88.8 cm³/mol. The predicted octanol–water partition coefficient (Wildman–Crippen LogP) is 1.79. The smallest absolute Gasteiger partial charge is 0.248 e. The van der Waals surface area contributed by atoms with E-state index in [2.05, 4.69) is 10.5 Å². The summed E-state index contributed by atoms with van der Waals surface area (Å²) in [6.07, 6.45) is 0. The molecule has 8 heteroatoms. The van der Waals surface area contributed by atoms with Crippen molar-refractivity contribution in [1.29, 1.82) is 0 Å². The van der Waals surface area contributed by atoms with Crippen molar-refractivity contribution in [2.45, 2.75) is 31.7 Å². The standard InChI is InChI=1S/C16H21N3O4S/c1-11(14-8-6-5-7-9-14)17-15(20)10-19(4)24(21,22)16-12(2)18-23-13(16)3/h5-9,11H,10H2,1-4H3,(H,17,20). The maximum Gasteiger partial charge on any atom is 0.248 e. The SMILES string of the molecule is Cc1noc(C)c1S(=O)(=O)N(C)CC(=O)NC(C)c1ccccc1. The Morgan fingerprint density at radius 1 is 1.29 bits per heavy atom. The summed E-state index contributed by atoms with van der Waals surface area (Å²) in [6.45, 7) is 4.63. The van der Waals surface area contributed by atoms with Crippen LogP contribution in [0.5, 0.6) is 0 Å². The van der Waals surface area contributed by atoms with Gasteiger partial charge in [0.25, 0.3) is 0 Å². The van der Waals surface area contributed by atoms with Gasteiger partial charge in [0.15, 0.2) is 5.76 Å². The van der Waals surface area contributed by atoms with E-state index in [1.54, 1.807) is 6.92 Å². The van der Waals surface area contributed by atoms with E-state index in [4.69, 9.17) is 4.52 Å². The van der Waals surface area contributed by atoms with Crippen molar-refractivity contribution < 1.29 is 17.7 Å². The van der Waals surface area contributed by atoms with E-state index in [1.165, 1.54) is 14.0 Å². The summed E-state index contributed by atoms with van der Waals surface area (Å²) >= 11 is 0. The van der Waals surface area contributed by atoms with E-state index in [1.807, 2.05) is 37.3 Å². The third-order valence-electron chi connectivity index (χ3n) is 3.68. The topological polar surface area (TPSA) is 92.5 Å². The second kappa shape index (κ2) is 7.14. The maximum atomic E-state index is 12.6. The number of benzene rings is 1. The molecule has 0 fully saturated rings. The van der Waals surface area contributed by atoms with Crippen LogP contribution in [0.4, 0.5) is 0 Å². The number of hydrogen-bond acceptors (Lipinski definition) is 5.